The van der Waals surface area contributed by atoms with Gasteiger partial charge in [-0.05, 0) is 88.1 Å². The van der Waals surface area contributed by atoms with E-state index in [-0.39, 0.29) is 12.8 Å². The number of allylic oxidation sites excluding steroid dienone is 5. The quantitative estimate of drug-likeness (QED) is 0.549. The molecule has 0 amide bonds. The number of pyridine rings is 1. The lowest BCUT2D eigenvalue weighted by atomic mass is 9.81. The summed E-state index contributed by atoms with van der Waals surface area (Å²) in [5.74, 6) is -1.23. The van der Waals surface area contributed by atoms with Crippen molar-refractivity contribution in [2.45, 2.75) is 72.6 Å². The van der Waals surface area contributed by atoms with Gasteiger partial charge in [0.2, 0.25) is 5.92 Å². The van der Waals surface area contributed by atoms with Crippen molar-refractivity contribution >= 4 is 11.1 Å². The van der Waals surface area contributed by atoms with Crippen LogP contribution in [0.3, 0.4) is 0 Å². The van der Waals surface area contributed by atoms with Crippen molar-refractivity contribution in [1.29, 1.82) is 0 Å². The third-order valence-electron chi connectivity index (χ3n) is 6.29. The normalized spacial score (nSPS) is 21.2. The molecule has 1 aromatic heterocycles. The number of aryl methyl sites for hydroxylation is 1. The minimum absolute atomic E-state index is 0.0125. The van der Waals surface area contributed by atoms with Gasteiger partial charge in [0.1, 0.15) is 12.4 Å². The summed E-state index contributed by atoms with van der Waals surface area (Å²) >= 11 is 0. The SMILES string of the molecule is C/C=C(/CC1CCC(F)(F)CC1)c1cc(C2=C(C)OCC(C)=C2C)cnc1C. The predicted molar refractivity (Wildman–Crippen MR) is 111 cm³/mol. The van der Waals surface area contributed by atoms with Gasteiger partial charge in [-0.15, -0.1) is 0 Å². The highest BCUT2D eigenvalue weighted by Crippen LogP contribution is 2.41. The van der Waals surface area contributed by atoms with Gasteiger partial charge in [0, 0.05) is 35.9 Å². The van der Waals surface area contributed by atoms with Crippen LogP contribution in [0, 0.1) is 12.8 Å². The van der Waals surface area contributed by atoms with Crippen molar-refractivity contribution in [2.75, 3.05) is 6.61 Å². The summed E-state index contributed by atoms with van der Waals surface area (Å²) in [5, 5.41) is 0. The molecule has 0 saturated heterocycles. The molecule has 0 aromatic carbocycles. The second kappa shape index (κ2) is 8.18. The fourth-order valence-electron chi connectivity index (χ4n) is 4.29. The van der Waals surface area contributed by atoms with Crippen LogP contribution in [-0.2, 0) is 4.74 Å². The predicted octanol–water partition coefficient (Wildman–Crippen LogP) is 7.11. The van der Waals surface area contributed by atoms with Crippen LogP contribution in [0.5, 0.6) is 0 Å². The summed E-state index contributed by atoms with van der Waals surface area (Å²) in [6.07, 6.45) is 6.08. The van der Waals surface area contributed by atoms with E-state index in [4.69, 9.17) is 4.74 Å². The first-order valence-corrected chi connectivity index (χ1v) is 10.2. The average molecular weight is 388 g/mol. The fourth-order valence-corrected chi connectivity index (χ4v) is 4.29. The summed E-state index contributed by atoms with van der Waals surface area (Å²) in [5.41, 5.74) is 7.96. The van der Waals surface area contributed by atoms with E-state index in [1.165, 1.54) is 16.7 Å². The van der Waals surface area contributed by atoms with E-state index in [9.17, 15) is 8.78 Å². The molecule has 1 aromatic rings. The smallest absolute Gasteiger partial charge is 0.248 e. The molecule has 1 saturated carbocycles. The van der Waals surface area contributed by atoms with Gasteiger partial charge in [0.15, 0.2) is 0 Å². The van der Waals surface area contributed by atoms with Gasteiger partial charge in [-0.2, -0.15) is 0 Å². The summed E-state index contributed by atoms with van der Waals surface area (Å²) < 4.78 is 32.8. The Morgan fingerprint density at radius 1 is 1.21 bits per heavy atom. The first-order chi connectivity index (χ1) is 13.2. The van der Waals surface area contributed by atoms with Crippen molar-refractivity contribution in [3.8, 4) is 0 Å². The molecule has 4 heteroatoms. The third-order valence-corrected chi connectivity index (χ3v) is 6.29. The van der Waals surface area contributed by atoms with E-state index in [1.54, 1.807) is 0 Å². The Kier molecular flexibility index (Phi) is 6.07. The number of hydrogen-bond acceptors (Lipinski definition) is 2. The van der Waals surface area contributed by atoms with Crippen molar-refractivity contribution < 1.29 is 13.5 Å². The Labute approximate surface area is 167 Å². The lowest BCUT2D eigenvalue weighted by Gasteiger charge is -2.29. The molecule has 2 nitrogen and oxygen atoms in total. The van der Waals surface area contributed by atoms with E-state index in [1.807, 2.05) is 27.0 Å². The van der Waals surface area contributed by atoms with E-state index in [0.29, 0.717) is 25.4 Å². The number of hydrogen-bond donors (Lipinski definition) is 0. The van der Waals surface area contributed by atoms with Gasteiger partial charge in [-0.1, -0.05) is 6.08 Å². The van der Waals surface area contributed by atoms with Crippen molar-refractivity contribution in [3.63, 3.8) is 0 Å². The highest BCUT2D eigenvalue weighted by molar-refractivity contribution is 5.83. The van der Waals surface area contributed by atoms with Gasteiger partial charge < -0.3 is 4.74 Å². The van der Waals surface area contributed by atoms with Gasteiger partial charge in [0.05, 0.1) is 0 Å². The number of ether oxygens (including phenoxy) is 1. The minimum atomic E-state index is -2.48. The maximum absolute atomic E-state index is 13.5. The molecule has 0 atom stereocenters. The highest BCUT2D eigenvalue weighted by Gasteiger charge is 2.35. The maximum Gasteiger partial charge on any atom is 0.248 e. The molecule has 2 aliphatic rings. The Hall–Kier alpha value is -1.97. The van der Waals surface area contributed by atoms with Gasteiger partial charge in [0.25, 0.3) is 0 Å². The number of aromatic nitrogens is 1. The lowest BCUT2D eigenvalue weighted by molar-refractivity contribution is -0.0451. The first kappa shape index (κ1) is 20.8. The van der Waals surface area contributed by atoms with Gasteiger partial charge >= 0.3 is 0 Å². The Bertz CT molecular complexity index is 838. The topological polar surface area (TPSA) is 22.1 Å². The Morgan fingerprint density at radius 2 is 1.89 bits per heavy atom. The van der Waals surface area contributed by atoms with Gasteiger partial charge in [-0.3, -0.25) is 4.98 Å². The molecule has 0 unspecified atom stereocenters. The van der Waals surface area contributed by atoms with Crippen LogP contribution in [0.15, 0.2) is 35.2 Å². The number of alkyl halides is 2. The number of nitrogens with zero attached hydrogens (tertiary/aromatic N) is 1. The monoisotopic (exact) mass is 387 g/mol. The second-order valence-corrected chi connectivity index (χ2v) is 8.30. The van der Waals surface area contributed by atoms with Crippen molar-refractivity contribution in [2.24, 2.45) is 5.92 Å². The average Bonchev–Trinajstić information content (AvgIpc) is 2.66. The zero-order valence-corrected chi connectivity index (χ0v) is 17.7. The highest BCUT2D eigenvalue weighted by atomic mass is 19.3. The van der Waals surface area contributed by atoms with E-state index in [0.717, 1.165) is 34.6 Å². The molecule has 0 spiro atoms. The minimum Gasteiger partial charge on any atom is -0.493 e. The summed E-state index contributed by atoms with van der Waals surface area (Å²) in [7, 11) is 0. The first-order valence-electron chi connectivity index (χ1n) is 10.2. The molecule has 1 aliphatic heterocycles. The van der Waals surface area contributed by atoms with Crippen molar-refractivity contribution in [3.05, 3.63) is 52.1 Å². The summed E-state index contributed by atoms with van der Waals surface area (Å²) in [4.78, 5) is 4.66. The standard InChI is InChI=1S/C24H31F2NO/c1-6-20(11-19-7-9-24(25,26)10-8-19)22-12-21(13-27-17(22)4)23-16(3)15(2)14-28-18(23)5/h6,12-13,19H,7-11,14H2,1-5H3/b20-6-. The van der Waals surface area contributed by atoms with Crippen LogP contribution >= 0.6 is 0 Å². The molecule has 0 N–H and O–H groups in total. The van der Waals surface area contributed by atoms with Crippen molar-refractivity contribution in [1.82, 2.24) is 4.98 Å². The number of rotatable bonds is 4. The van der Waals surface area contributed by atoms with Crippen LogP contribution in [-0.4, -0.2) is 17.5 Å². The molecule has 3 rings (SSSR count). The van der Waals surface area contributed by atoms with E-state index in [2.05, 4.69) is 31.0 Å². The van der Waals surface area contributed by atoms with E-state index < -0.39 is 5.92 Å². The maximum atomic E-state index is 13.5. The molecule has 1 fully saturated rings. The molecule has 1 aliphatic carbocycles. The van der Waals surface area contributed by atoms with Crippen LogP contribution in [0.2, 0.25) is 0 Å². The largest absolute Gasteiger partial charge is 0.493 e. The summed E-state index contributed by atoms with van der Waals surface area (Å²) in [6.45, 7) is 10.9. The zero-order chi connectivity index (χ0) is 20.5. The number of halogens is 2. The Balaban J connectivity index is 1.89. The second-order valence-electron chi connectivity index (χ2n) is 8.30. The molecule has 0 bridgehead atoms. The third kappa shape index (κ3) is 4.37. The molecule has 0 radical (unpaired) electrons. The fraction of sp³-hybridized carbons (Fsp3) is 0.542. The van der Waals surface area contributed by atoms with Gasteiger partial charge in [-0.25, -0.2) is 8.78 Å². The molecule has 28 heavy (non-hydrogen) atoms. The lowest BCUT2D eigenvalue weighted by Crippen LogP contribution is -2.24. The molecule has 2 heterocycles. The zero-order valence-electron chi connectivity index (χ0n) is 17.7. The van der Waals surface area contributed by atoms with Crippen LogP contribution in [0.1, 0.15) is 76.6 Å². The molecular formula is C24H31F2NO. The van der Waals surface area contributed by atoms with Crippen LogP contribution < -0.4 is 0 Å². The Morgan fingerprint density at radius 3 is 2.54 bits per heavy atom. The molecular weight excluding hydrogens is 356 g/mol. The van der Waals surface area contributed by atoms with Crippen LogP contribution in [0.4, 0.5) is 8.78 Å². The van der Waals surface area contributed by atoms with E-state index >= 15 is 0 Å². The van der Waals surface area contributed by atoms with Crippen LogP contribution in [0.25, 0.3) is 11.1 Å². The molecule has 152 valence electrons. The summed E-state index contributed by atoms with van der Waals surface area (Å²) in [6, 6.07) is 2.19.